The van der Waals surface area contributed by atoms with Crippen molar-refractivity contribution in [2.24, 2.45) is 0 Å². The number of halogens is 1. The van der Waals surface area contributed by atoms with E-state index < -0.39 is 17.8 Å². The van der Waals surface area contributed by atoms with Crippen LogP contribution in [-0.4, -0.2) is 30.9 Å². The van der Waals surface area contributed by atoms with Crippen LogP contribution in [0, 0.1) is 0 Å². The second kappa shape index (κ2) is 7.27. The molecule has 2 amide bonds. The minimum Gasteiger partial charge on any atom is -0.465 e. The normalized spacial score (nSPS) is 18.7. The predicted molar refractivity (Wildman–Crippen MR) is 93.2 cm³/mol. The molecule has 3 rings (SSSR count). The molecule has 2 aliphatic rings. The molecule has 1 heterocycles. The second-order valence-electron chi connectivity index (χ2n) is 6.16. The van der Waals surface area contributed by atoms with Gasteiger partial charge in [0.1, 0.15) is 10.7 Å². The number of hydrogen-bond donors (Lipinski definition) is 1. The lowest BCUT2D eigenvalue weighted by Crippen LogP contribution is -2.37. The van der Waals surface area contributed by atoms with Gasteiger partial charge in [-0.05, 0) is 31.0 Å². The molecular formula is C18H19ClN2O4. The van der Waals surface area contributed by atoms with Crippen molar-refractivity contribution >= 4 is 35.1 Å². The third-order valence-corrected chi connectivity index (χ3v) is 4.86. The van der Waals surface area contributed by atoms with Crippen LogP contribution in [0.2, 0.25) is 0 Å². The fourth-order valence-electron chi connectivity index (χ4n) is 3.20. The van der Waals surface area contributed by atoms with E-state index in [4.69, 9.17) is 11.6 Å². The highest BCUT2D eigenvalue weighted by molar-refractivity contribution is 6.52. The first-order valence-electron chi connectivity index (χ1n) is 8.26. The van der Waals surface area contributed by atoms with E-state index in [0.29, 0.717) is 0 Å². The number of carbonyl (C=O) groups is 3. The van der Waals surface area contributed by atoms with Crippen LogP contribution >= 0.6 is 11.6 Å². The van der Waals surface area contributed by atoms with E-state index in [1.54, 1.807) is 18.2 Å². The van der Waals surface area contributed by atoms with E-state index in [1.165, 1.54) is 19.6 Å². The predicted octanol–water partition coefficient (Wildman–Crippen LogP) is 2.72. The highest BCUT2D eigenvalue weighted by atomic mass is 35.5. The van der Waals surface area contributed by atoms with Crippen molar-refractivity contribution in [2.45, 2.75) is 38.1 Å². The van der Waals surface area contributed by atoms with Crippen LogP contribution in [0.25, 0.3) is 0 Å². The van der Waals surface area contributed by atoms with Crippen LogP contribution in [0.1, 0.15) is 42.5 Å². The van der Waals surface area contributed by atoms with Gasteiger partial charge in [0.25, 0.3) is 11.8 Å². The van der Waals surface area contributed by atoms with Gasteiger partial charge in [0.2, 0.25) is 0 Å². The van der Waals surface area contributed by atoms with Gasteiger partial charge in [-0.25, -0.2) is 9.69 Å². The number of methoxy groups -OCH3 is 1. The molecule has 1 aliphatic carbocycles. The molecule has 0 aromatic heterocycles. The van der Waals surface area contributed by atoms with E-state index in [2.05, 4.69) is 10.1 Å². The summed E-state index contributed by atoms with van der Waals surface area (Å²) in [4.78, 5) is 37.9. The first-order valence-corrected chi connectivity index (χ1v) is 8.64. The van der Waals surface area contributed by atoms with Crippen LogP contribution in [-0.2, 0) is 14.3 Å². The molecule has 1 aromatic rings. The third-order valence-electron chi connectivity index (χ3n) is 4.51. The van der Waals surface area contributed by atoms with Crippen molar-refractivity contribution in [3.63, 3.8) is 0 Å². The largest absolute Gasteiger partial charge is 0.465 e. The van der Waals surface area contributed by atoms with Crippen molar-refractivity contribution in [3.05, 3.63) is 40.6 Å². The van der Waals surface area contributed by atoms with Gasteiger partial charge in [-0.3, -0.25) is 9.59 Å². The van der Waals surface area contributed by atoms with Crippen LogP contribution in [0.5, 0.6) is 0 Å². The molecule has 0 saturated heterocycles. The standard InChI is InChI=1S/C18H19ClN2O4/c1-25-18(24)11-6-5-9-13(10-11)21-16(22)14(19)15(17(21)23)20-12-7-3-2-4-8-12/h5-6,9-10,12,20H,2-4,7-8H2,1H3. The van der Waals surface area contributed by atoms with Crippen LogP contribution in [0.15, 0.2) is 35.0 Å². The van der Waals surface area contributed by atoms with Gasteiger partial charge < -0.3 is 10.1 Å². The topological polar surface area (TPSA) is 75.7 Å². The lowest BCUT2D eigenvalue weighted by Gasteiger charge is -2.24. The minimum absolute atomic E-state index is 0.112. The Balaban J connectivity index is 1.84. The molecule has 7 heteroatoms. The number of imide groups is 1. The quantitative estimate of drug-likeness (QED) is 0.658. The van der Waals surface area contributed by atoms with Crippen molar-refractivity contribution in [1.82, 2.24) is 5.32 Å². The van der Waals surface area contributed by atoms with Gasteiger partial charge in [-0.2, -0.15) is 0 Å². The number of nitrogens with one attached hydrogen (secondary N) is 1. The van der Waals surface area contributed by atoms with Gasteiger partial charge in [-0.1, -0.05) is 36.9 Å². The lowest BCUT2D eigenvalue weighted by atomic mass is 9.95. The van der Waals surface area contributed by atoms with E-state index in [1.807, 2.05) is 0 Å². The molecule has 0 atom stereocenters. The van der Waals surface area contributed by atoms with Crippen molar-refractivity contribution < 1.29 is 19.1 Å². The number of esters is 1. The monoisotopic (exact) mass is 362 g/mol. The zero-order chi connectivity index (χ0) is 18.0. The summed E-state index contributed by atoms with van der Waals surface area (Å²) in [7, 11) is 1.27. The van der Waals surface area contributed by atoms with Gasteiger partial charge >= 0.3 is 5.97 Å². The van der Waals surface area contributed by atoms with Crippen molar-refractivity contribution in [2.75, 3.05) is 12.0 Å². The number of anilines is 1. The summed E-state index contributed by atoms with van der Waals surface area (Å²) >= 11 is 6.13. The lowest BCUT2D eigenvalue weighted by molar-refractivity contribution is -0.120. The SMILES string of the molecule is COC(=O)c1cccc(N2C(=O)C(Cl)=C(NC3CCCCC3)C2=O)c1. The number of benzene rings is 1. The molecule has 1 aromatic carbocycles. The second-order valence-corrected chi connectivity index (χ2v) is 6.53. The number of ether oxygens (including phenoxy) is 1. The Labute approximate surface area is 150 Å². The van der Waals surface area contributed by atoms with Gasteiger partial charge in [0.15, 0.2) is 0 Å². The first-order chi connectivity index (χ1) is 12.0. The Hall–Kier alpha value is -2.34. The van der Waals surface area contributed by atoms with E-state index in [-0.39, 0.29) is 28.0 Å². The molecule has 0 radical (unpaired) electrons. The van der Waals surface area contributed by atoms with E-state index in [9.17, 15) is 14.4 Å². The zero-order valence-electron chi connectivity index (χ0n) is 13.9. The zero-order valence-corrected chi connectivity index (χ0v) is 14.6. The molecule has 0 spiro atoms. The molecule has 1 aliphatic heterocycles. The fraction of sp³-hybridized carbons (Fsp3) is 0.389. The molecule has 25 heavy (non-hydrogen) atoms. The summed E-state index contributed by atoms with van der Waals surface area (Å²) in [5.41, 5.74) is 0.684. The van der Waals surface area contributed by atoms with Gasteiger partial charge in [0, 0.05) is 6.04 Å². The van der Waals surface area contributed by atoms with Crippen molar-refractivity contribution in [1.29, 1.82) is 0 Å². The maximum absolute atomic E-state index is 12.7. The Bertz CT molecular complexity index is 753. The summed E-state index contributed by atoms with van der Waals surface area (Å²) in [5.74, 6) is -1.63. The number of carbonyl (C=O) groups excluding carboxylic acids is 3. The molecule has 1 saturated carbocycles. The van der Waals surface area contributed by atoms with Crippen LogP contribution in [0.3, 0.4) is 0 Å². The van der Waals surface area contributed by atoms with Gasteiger partial charge in [0.05, 0.1) is 18.4 Å². The maximum Gasteiger partial charge on any atom is 0.337 e. The first kappa shape index (κ1) is 17.5. The Morgan fingerprint density at radius 2 is 1.92 bits per heavy atom. The summed E-state index contributed by atoms with van der Waals surface area (Å²) in [5, 5.41) is 3.03. The Morgan fingerprint density at radius 3 is 2.60 bits per heavy atom. The summed E-state index contributed by atoms with van der Waals surface area (Å²) < 4.78 is 4.67. The summed E-state index contributed by atoms with van der Waals surface area (Å²) in [6, 6.07) is 6.31. The van der Waals surface area contributed by atoms with Crippen molar-refractivity contribution in [3.8, 4) is 0 Å². The highest BCUT2D eigenvalue weighted by Gasteiger charge is 2.39. The number of rotatable bonds is 4. The van der Waals surface area contributed by atoms with E-state index >= 15 is 0 Å². The highest BCUT2D eigenvalue weighted by Crippen LogP contribution is 2.30. The average Bonchev–Trinajstić information content (AvgIpc) is 2.85. The Kier molecular flexibility index (Phi) is 5.08. The Morgan fingerprint density at radius 1 is 1.20 bits per heavy atom. The molecular weight excluding hydrogens is 344 g/mol. The number of amides is 2. The fourth-order valence-corrected chi connectivity index (χ4v) is 3.42. The number of hydrogen-bond acceptors (Lipinski definition) is 5. The summed E-state index contributed by atoms with van der Waals surface area (Å²) in [6.07, 6.45) is 5.27. The smallest absolute Gasteiger partial charge is 0.337 e. The van der Waals surface area contributed by atoms with Gasteiger partial charge in [-0.15, -0.1) is 0 Å². The van der Waals surface area contributed by atoms with E-state index in [0.717, 1.165) is 30.6 Å². The molecule has 0 unspecified atom stereocenters. The average molecular weight is 363 g/mol. The summed E-state index contributed by atoms with van der Waals surface area (Å²) in [6.45, 7) is 0. The minimum atomic E-state index is -0.591. The van der Waals surface area contributed by atoms with Crippen LogP contribution in [0.4, 0.5) is 5.69 Å². The third kappa shape index (κ3) is 3.39. The van der Waals surface area contributed by atoms with Crippen LogP contribution < -0.4 is 10.2 Å². The molecule has 1 N–H and O–H groups in total. The molecule has 0 bridgehead atoms. The molecule has 6 nitrogen and oxygen atoms in total. The number of nitrogens with zero attached hydrogens (tertiary/aromatic N) is 1. The maximum atomic E-state index is 12.7. The molecule has 1 fully saturated rings. The molecule has 132 valence electrons.